The molecule has 124 valence electrons. The molecule has 6 atom stereocenters. The molecule has 2 rings (SSSR count). The Balaban J connectivity index is 2.14. The second-order valence-corrected chi connectivity index (χ2v) is 7.63. The number of allylic oxidation sites excluding steroid dienone is 3. The first-order valence-corrected chi connectivity index (χ1v) is 8.67. The number of hydrogen-bond acceptors (Lipinski definition) is 2. The normalized spacial score (nSPS) is 36.4. The fourth-order valence-electron chi connectivity index (χ4n) is 4.28. The third kappa shape index (κ3) is 3.55. The van der Waals surface area contributed by atoms with Gasteiger partial charge in [0.2, 0.25) is 0 Å². The fourth-order valence-corrected chi connectivity index (χ4v) is 4.28. The lowest BCUT2D eigenvalue weighted by Crippen LogP contribution is -2.34. The third-order valence-electron chi connectivity index (χ3n) is 5.76. The van der Waals surface area contributed by atoms with Gasteiger partial charge >= 0.3 is 0 Å². The van der Waals surface area contributed by atoms with Crippen LogP contribution in [0.3, 0.4) is 0 Å². The molecule has 2 aliphatic rings. The smallest absolute Gasteiger partial charge is 0.0754 e. The van der Waals surface area contributed by atoms with Crippen molar-refractivity contribution in [2.24, 2.45) is 23.7 Å². The number of rotatable bonds is 4. The number of aliphatic hydroxyl groups is 2. The predicted octanol–water partition coefficient (Wildman–Crippen LogP) is 4.25. The average molecular weight is 304 g/mol. The zero-order valence-corrected chi connectivity index (χ0v) is 14.5. The summed E-state index contributed by atoms with van der Waals surface area (Å²) in [5.74, 6) is 0.925. The van der Waals surface area contributed by atoms with Crippen LogP contribution < -0.4 is 0 Å². The minimum absolute atomic E-state index is 0.147. The van der Waals surface area contributed by atoms with E-state index in [1.54, 1.807) is 0 Å². The zero-order valence-electron chi connectivity index (χ0n) is 14.5. The maximum atomic E-state index is 11.0. The Morgan fingerprint density at radius 2 is 2.09 bits per heavy atom. The van der Waals surface area contributed by atoms with E-state index in [9.17, 15) is 10.2 Å². The maximum absolute atomic E-state index is 11.0. The van der Waals surface area contributed by atoms with Crippen molar-refractivity contribution in [3.8, 4) is 0 Å². The second kappa shape index (κ2) is 7.14. The molecule has 6 unspecified atom stereocenters. The van der Waals surface area contributed by atoms with Crippen molar-refractivity contribution in [3.63, 3.8) is 0 Å². The standard InChI is InChI=1S/C20H32O2/c1-12(2)7-6-8-13(3)17-11-18(21)15(5)16-10-9-14(4)19(16)20(17)22/h7,9,13,16-22H,5-6,8,10-11H2,1-4H3. The number of fused-ring (bicyclic) bond motifs is 1. The SMILES string of the molecule is C=C1C(O)CC(C(C)CCC=C(C)C)C(O)C2C(C)=CCC12. The molecule has 0 aliphatic heterocycles. The Labute approximate surface area is 135 Å². The molecule has 2 heteroatoms. The van der Waals surface area contributed by atoms with Crippen LogP contribution in [0.2, 0.25) is 0 Å². The molecule has 0 amide bonds. The molecule has 0 radical (unpaired) electrons. The summed E-state index contributed by atoms with van der Waals surface area (Å²) in [6.07, 6.45) is 7.32. The first kappa shape index (κ1) is 17.5. The molecule has 0 aromatic carbocycles. The topological polar surface area (TPSA) is 40.5 Å². The largest absolute Gasteiger partial charge is 0.392 e. The number of hydrogen-bond donors (Lipinski definition) is 2. The van der Waals surface area contributed by atoms with E-state index in [1.807, 2.05) is 0 Å². The molecule has 0 spiro atoms. The Morgan fingerprint density at radius 1 is 1.41 bits per heavy atom. The summed E-state index contributed by atoms with van der Waals surface area (Å²) < 4.78 is 0. The van der Waals surface area contributed by atoms with Gasteiger partial charge in [0.15, 0.2) is 0 Å². The minimum Gasteiger partial charge on any atom is -0.392 e. The van der Waals surface area contributed by atoms with Gasteiger partial charge in [-0.2, -0.15) is 0 Å². The van der Waals surface area contributed by atoms with E-state index in [0.29, 0.717) is 12.3 Å². The van der Waals surface area contributed by atoms with Gasteiger partial charge in [-0.1, -0.05) is 36.8 Å². The third-order valence-corrected chi connectivity index (χ3v) is 5.76. The monoisotopic (exact) mass is 304 g/mol. The van der Waals surface area contributed by atoms with Gasteiger partial charge in [-0.15, -0.1) is 0 Å². The fraction of sp³-hybridized carbons (Fsp3) is 0.700. The molecule has 1 fully saturated rings. The molecular formula is C20H32O2. The van der Waals surface area contributed by atoms with Crippen LogP contribution in [-0.2, 0) is 0 Å². The van der Waals surface area contributed by atoms with E-state index in [0.717, 1.165) is 24.8 Å². The van der Waals surface area contributed by atoms with E-state index in [-0.39, 0.29) is 23.9 Å². The van der Waals surface area contributed by atoms with E-state index in [1.165, 1.54) is 11.1 Å². The van der Waals surface area contributed by atoms with Gasteiger partial charge in [0, 0.05) is 5.92 Å². The van der Waals surface area contributed by atoms with Crippen molar-refractivity contribution in [1.82, 2.24) is 0 Å². The molecule has 0 bridgehead atoms. The van der Waals surface area contributed by atoms with Crippen molar-refractivity contribution in [2.75, 3.05) is 0 Å². The van der Waals surface area contributed by atoms with Crippen LogP contribution in [0.4, 0.5) is 0 Å². The summed E-state index contributed by atoms with van der Waals surface area (Å²) in [4.78, 5) is 0. The van der Waals surface area contributed by atoms with Gasteiger partial charge < -0.3 is 10.2 Å². The number of aliphatic hydroxyl groups excluding tert-OH is 2. The summed E-state index contributed by atoms with van der Waals surface area (Å²) in [6.45, 7) is 12.7. The highest BCUT2D eigenvalue weighted by Crippen LogP contribution is 2.47. The molecular weight excluding hydrogens is 272 g/mol. The maximum Gasteiger partial charge on any atom is 0.0754 e. The molecule has 1 saturated carbocycles. The van der Waals surface area contributed by atoms with E-state index < -0.39 is 6.10 Å². The highest BCUT2D eigenvalue weighted by Gasteiger charge is 2.44. The zero-order chi connectivity index (χ0) is 16.4. The van der Waals surface area contributed by atoms with Gasteiger partial charge in [0.25, 0.3) is 0 Å². The van der Waals surface area contributed by atoms with Crippen LogP contribution >= 0.6 is 0 Å². The Hall–Kier alpha value is -0.860. The first-order chi connectivity index (χ1) is 10.3. The Bertz CT molecular complexity index is 470. The van der Waals surface area contributed by atoms with Crippen LogP contribution in [0.1, 0.15) is 53.4 Å². The van der Waals surface area contributed by atoms with Crippen molar-refractivity contribution in [1.29, 1.82) is 0 Å². The van der Waals surface area contributed by atoms with Crippen LogP contribution in [-0.4, -0.2) is 22.4 Å². The van der Waals surface area contributed by atoms with Crippen LogP contribution in [0, 0.1) is 23.7 Å². The van der Waals surface area contributed by atoms with Gasteiger partial charge in [-0.25, -0.2) is 0 Å². The van der Waals surface area contributed by atoms with E-state index in [2.05, 4.69) is 46.4 Å². The molecule has 2 N–H and O–H groups in total. The lowest BCUT2D eigenvalue weighted by Gasteiger charge is -2.32. The van der Waals surface area contributed by atoms with Gasteiger partial charge in [0.05, 0.1) is 12.2 Å². The highest BCUT2D eigenvalue weighted by molar-refractivity contribution is 5.26. The van der Waals surface area contributed by atoms with Gasteiger partial charge in [-0.3, -0.25) is 0 Å². The molecule has 0 aromatic rings. The summed E-state index contributed by atoms with van der Waals surface area (Å²) in [6, 6.07) is 0. The summed E-state index contributed by atoms with van der Waals surface area (Å²) in [7, 11) is 0. The predicted molar refractivity (Wildman–Crippen MR) is 92.4 cm³/mol. The Kier molecular flexibility index (Phi) is 5.68. The van der Waals surface area contributed by atoms with Crippen LogP contribution in [0.25, 0.3) is 0 Å². The molecule has 2 aliphatic carbocycles. The summed E-state index contributed by atoms with van der Waals surface area (Å²) >= 11 is 0. The molecule has 2 nitrogen and oxygen atoms in total. The first-order valence-electron chi connectivity index (χ1n) is 8.67. The average Bonchev–Trinajstić information content (AvgIpc) is 2.79. The second-order valence-electron chi connectivity index (χ2n) is 7.63. The van der Waals surface area contributed by atoms with Crippen molar-refractivity contribution < 1.29 is 10.2 Å². The van der Waals surface area contributed by atoms with Gasteiger partial charge in [0.1, 0.15) is 0 Å². The lowest BCUT2D eigenvalue weighted by atomic mass is 9.76. The lowest BCUT2D eigenvalue weighted by molar-refractivity contribution is 0.0219. The molecule has 0 heterocycles. The molecule has 22 heavy (non-hydrogen) atoms. The minimum atomic E-state index is -0.472. The quantitative estimate of drug-likeness (QED) is 0.762. The van der Waals surface area contributed by atoms with Crippen LogP contribution in [0.5, 0.6) is 0 Å². The molecule has 0 saturated heterocycles. The van der Waals surface area contributed by atoms with Gasteiger partial charge in [-0.05, 0) is 69.8 Å². The Morgan fingerprint density at radius 3 is 2.73 bits per heavy atom. The summed E-state index contributed by atoms with van der Waals surface area (Å²) in [5, 5.41) is 21.5. The van der Waals surface area contributed by atoms with Crippen LogP contribution in [0.15, 0.2) is 35.5 Å². The molecule has 0 aromatic heterocycles. The van der Waals surface area contributed by atoms with E-state index in [4.69, 9.17) is 0 Å². The summed E-state index contributed by atoms with van der Waals surface area (Å²) in [5.41, 5.74) is 3.54. The van der Waals surface area contributed by atoms with E-state index >= 15 is 0 Å². The van der Waals surface area contributed by atoms with Crippen molar-refractivity contribution >= 4 is 0 Å². The van der Waals surface area contributed by atoms with Crippen molar-refractivity contribution in [2.45, 2.75) is 65.6 Å². The van der Waals surface area contributed by atoms with Crippen molar-refractivity contribution in [3.05, 3.63) is 35.5 Å². The highest BCUT2D eigenvalue weighted by atomic mass is 16.3.